The first-order valence-electron chi connectivity index (χ1n) is 6.96. The molecule has 0 aliphatic carbocycles. The Bertz CT molecular complexity index is 205. The maximum Gasteiger partial charge on any atom is 0.0109 e. The maximum absolute atomic E-state index is 2.56. The van der Waals surface area contributed by atoms with Crippen LogP contribution in [0.4, 0.5) is 0 Å². The Morgan fingerprint density at radius 1 is 1.18 bits per heavy atom. The van der Waals surface area contributed by atoms with Crippen LogP contribution in [0.2, 0.25) is 0 Å². The molecule has 0 rings (SSSR count). The first-order chi connectivity index (χ1) is 7.95. The fraction of sp³-hybridized carbons (Fsp3) is 0.867. The standard InChI is InChI=1S/C15H32N2/c1-7-17(12-11-16(5)6)13-15(4)10-8-9-14(2)3/h9,15H,7-8,10-13H2,1-6H3. The topological polar surface area (TPSA) is 6.48 Å². The zero-order chi connectivity index (χ0) is 13.3. The van der Waals surface area contributed by atoms with E-state index >= 15 is 0 Å². The minimum absolute atomic E-state index is 0.799. The van der Waals surface area contributed by atoms with Crippen LogP contribution in [0.1, 0.15) is 40.5 Å². The third kappa shape index (κ3) is 10.5. The van der Waals surface area contributed by atoms with Gasteiger partial charge in [-0.25, -0.2) is 0 Å². The molecule has 0 aromatic heterocycles. The van der Waals surface area contributed by atoms with Gasteiger partial charge in [0.25, 0.3) is 0 Å². The van der Waals surface area contributed by atoms with E-state index in [0.717, 1.165) is 12.5 Å². The average molecular weight is 240 g/mol. The van der Waals surface area contributed by atoms with Gasteiger partial charge in [0, 0.05) is 19.6 Å². The van der Waals surface area contributed by atoms with Crippen molar-refractivity contribution < 1.29 is 0 Å². The van der Waals surface area contributed by atoms with Crippen LogP contribution in [-0.4, -0.2) is 50.1 Å². The summed E-state index contributed by atoms with van der Waals surface area (Å²) in [5.41, 5.74) is 1.44. The lowest BCUT2D eigenvalue weighted by atomic mass is 10.0. The molecular formula is C15H32N2. The van der Waals surface area contributed by atoms with Gasteiger partial charge in [-0.15, -0.1) is 0 Å². The monoisotopic (exact) mass is 240 g/mol. The largest absolute Gasteiger partial charge is 0.308 e. The Labute approximate surface area is 109 Å². The molecule has 0 saturated heterocycles. The maximum atomic E-state index is 2.56. The van der Waals surface area contributed by atoms with Crippen molar-refractivity contribution in [3.8, 4) is 0 Å². The molecule has 0 radical (unpaired) electrons. The van der Waals surface area contributed by atoms with Crippen molar-refractivity contribution in [3.63, 3.8) is 0 Å². The summed E-state index contributed by atoms with van der Waals surface area (Å²) in [4.78, 5) is 4.82. The molecule has 0 aliphatic heterocycles. The summed E-state index contributed by atoms with van der Waals surface area (Å²) in [6.45, 7) is 13.8. The number of hydrogen-bond donors (Lipinski definition) is 0. The summed E-state index contributed by atoms with van der Waals surface area (Å²) >= 11 is 0. The van der Waals surface area contributed by atoms with Crippen LogP contribution in [0.25, 0.3) is 0 Å². The second kappa shape index (κ2) is 9.67. The van der Waals surface area contributed by atoms with Crippen LogP contribution in [0.3, 0.4) is 0 Å². The molecule has 0 bridgehead atoms. The Hall–Kier alpha value is -0.340. The summed E-state index contributed by atoms with van der Waals surface area (Å²) in [7, 11) is 4.29. The molecule has 1 atom stereocenters. The Kier molecular flexibility index (Phi) is 9.47. The van der Waals surface area contributed by atoms with Crippen LogP contribution >= 0.6 is 0 Å². The molecule has 0 amide bonds. The van der Waals surface area contributed by atoms with Crippen LogP contribution in [0.15, 0.2) is 11.6 Å². The molecule has 0 saturated carbocycles. The quantitative estimate of drug-likeness (QED) is 0.571. The number of allylic oxidation sites excluding steroid dienone is 2. The molecule has 2 heteroatoms. The third-order valence-corrected chi connectivity index (χ3v) is 3.09. The third-order valence-electron chi connectivity index (χ3n) is 3.09. The summed E-state index contributed by atoms with van der Waals surface area (Å²) in [5, 5.41) is 0. The lowest BCUT2D eigenvalue weighted by molar-refractivity contribution is 0.219. The van der Waals surface area contributed by atoms with E-state index < -0.39 is 0 Å². The zero-order valence-electron chi connectivity index (χ0n) is 12.8. The average Bonchev–Trinajstić information content (AvgIpc) is 2.23. The molecule has 0 fully saturated rings. The van der Waals surface area contributed by atoms with Crippen molar-refractivity contribution in [1.82, 2.24) is 9.80 Å². The van der Waals surface area contributed by atoms with Crippen molar-refractivity contribution in [3.05, 3.63) is 11.6 Å². The van der Waals surface area contributed by atoms with E-state index in [4.69, 9.17) is 0 Å². The van der Waals surface area contributed by atoms with Crippen LogP contribution < -0.4 is 0 Å². The van der Waals surface area contributed by atoms with E-state index in [2.05, 4.69) is 57.7 Å². The molecule has 0 aromatic carbocycles. The SMILES string of the molecule is CCN(CCN(C)C)CC(C)CCC=C(C)C. The van der Waals surface area contributed by atoms with Gasteiger partial charge in [-0.2, -0.15) is 0 Å². The molecule has 102 valence electrons. The molecule has 1 unspecified atom stereocenters. The van der Waals surface area contributed by atoms with Crippen LogP contribution in [-0.2, 0) is 0 Å². The van der Waals surface area contributed by atoms with Crippen LogP contribution in [0.5, 0.6) is 0 Å². The van der Waals surface area contributed by atoms with Crippen molar-refractivity contribution in [2.45, 2.75) is 40.5 Å². The molecule has 17 heavy (non-hydrogen) atoms. The second-order valence-corrected chi connectivity index (χ2v) is 5.66. The van der Waals surface area contributed by atoms with Crippen molar-refractivity contribution in [2.75, 3.05) is 40.3 Å². The minimum Gasteiger partial charge on any atom is -0.308 e. The first-order valence-corrected chi connectivity index (χ1v) is 6.96. The van der Waals surface area contributed by atoms with Gasteiger partial charge in [0.15, 0.2) is 0 Å². The number of hydrogen-bond acceptors (Lipinski definition) is 2. The van der Waals surface area contributed by atoms with E-state index in [1.165, 1.54) is 38.0 Å². The Balaban J connectivity index is 3.81. The molecular weight excluding hydrogens is 208 g/mol. The van der Waals surface area contributed by atoms with E-state index in [1.54, 1.807) is 0 Å². The summed E-state index contributed by atoms with van der Waals surface area (Å²) in [5.74, 6) is 0.799. The fourth-order valence-electron chi connectivity index (χ4n) is 1.91. The van der Waals surface area contributed by atoms with Gasteiger partial charge in [-0.1, -0.05) is 25.5 Å². The Morgan fingerprint density at radius 2 is 1.82 bits per heavy atom. The van der Waals surface area contributed by atoms with Gasteiger partial charge in [-0.3, -0.25) is 0 Å². The van der Waals surface area contributed by atoms with Gasteiger partial charge in [0.05, 0.1) is 0 Å². The smallest absolute Gasteiger partial charge is 0.0109 e. The van der Waals surface area contributed by atoms with Crippen molar-refractivity contribution >= 4 is 0 Å². The number of nitrogens with zero attached hydrogens (tertiary/aromatic N) is 2. The molecule has 0 spiro atoms. The van der Waals surface area contributed by atoms with Crippen LogP contribution in [0, 0.1) is 5.92 Å². The summed E-state index contributed by atoms with van der Waals surface area (Å²) in [6, 6.07) is 0. The Morgan fingerprint density at radius 3 is 2.29 bits per heavy atom. The normalized spacial score (nSPS) is 13.2. The first kappa shape index (κ1) is 16.7. The van der Waals surface area contributed by atoms with E-state index in [1.807, 2.05) is 0 Å². The summed E-state index contributed by atoms with van der Waals surface area (Å²) in [6.07, 6.45) is 4.89. The van der Waals surface area contributed by atoms with Gasteiger partial charge in [0.1, 0.15) is 0 Å². The van der Waals surface area contributed by atoms with E-state index in [0.29, 0.717) is 0 Å². The predicted molar refractivity (Wildman–Crippen MR) is 78.5 cm³/mol. The van der Waals surface area contributed by atoms with Gasteiger partial charge < -0.3 is 9.80 Å². The highest BCUT2D eigenvalue weighted by atomic mass is 15.2. The molecule has 0 aromatic rings. The lowest BCUT2D eigenvalue weighted by Gasteiger charge is -2.25. The molecule has 0 heterocycles. The van der Waals surface area contributed by atoms with E-state index in [-0.39, 0.29) is 0 Å². The predicted octanol–water partition coefficient (Wildman–Crippen LogP) is 3.25. The van der Waals surface area contributed by atoms with Gasteiger partial charge in [-0.05, 0) is 53.2 Å². The lowest BCUT2D eigenvalue weighted by Crippen LogP contribution is -2.34. The van der Waals surface area contributed by atoms with Crippen molar-refractivity contribution in [2.24, 2.45) is 5.92 Å². The molecule has 2 nitrogen and oxygen atoms in total. The molecule has 0 N–H and O–H groups in total. The van der Waals surface area contributed by atoms with E-state index in [9.17, 15) is 0 Å². The second-order valence-electron chi connectivity index (χ2n) is 5.66. The van der Waals surface area contributed by atoms with Crippen molar-refractivity contribution in [1.29, 1.82) is 0 Å². The summed E-state index contributed by atoms with van der Waals surface area (Å²) < 4.78 is 0. The molecule has 0 aliphatic rings. The fourth-order valence-corrected chi connectivity index (χ4v) is 1.91. The zero-order valence-corrected chi connectivity index (χ0v) is 12.8. The van der Waals surface area contributed by atoms with Gasteiger partial charge >= 0.3 is 0 Å². The number of likely N-dealkylation sites (N-methyl/N-ethyl adjacent to an activating group) is 2. The highest BCUT2D eigenvalue weighted by Gasteiger charge is 2.08. The minimum atomic E-state index is 0.799. The van der Waals surface area contributed by atoms with Gasteiger partial charge in [0.2, 0.25) is 0 Å². The highest BCUT2D eigenvalue weighted by Crippen LogP contribution is 2.09. The highest BCUT2D eigenvalue weighted by molar-refractivity contribution is 4.92. The number of rotatable bonds is 9.